The SMILES string of the molecule is CCC(CC(=O)NCc1ccc(C)cc1)C(=O)O. The molecule has 0 spiro atoms. The third-order valence-corrected chi connectivity index (χ3v) is 2.88. The summed E-state index contributed by atoms with van der Waals surface area (Å²) in [5.41, 5.74) is 2.18. The van der Waals surface area contributed by atoms with Gasteiger partial charge in [0.2, 0.25) is 5.91 Å². The number of benzene rings is 1. The first-order chi connectivity index (χ1) is 8.52. The van der Waals surface area contributed by atoms with Crippen molar-refractivity contribution in [3.63, 3.8) is 0 Å². The van der Waals surface area contributed by atoms with Crippen LogP contribution in [-0.2, 0) is 16.1 Å². The second-order valence-electron chi connectivity index (χ2n) is 4.41. The second kappa shape index (κ2) is 6.79. The highest BCUT2D eigenvalue weighted by Gasteiger charge is 2.18. The Kier molecular flexibility index (Phi) is 5.36. The zero-order valence-electron chi connectivity index (χ0n) is 10.8. The molecule has 2 N–H and O–H groups in total. The van der Waals surface area contributed by atoms with Crippen LogP contribution in [0, 0.1) is 12.8 Å². The molecule has 1 rings (SSSR count). The average molecular weight is 249 g/mol. The van der Waals surface area contributed by atoms with Crippen LogP contribution in [0.25, 0.3) is 0 Å². The van der Waals surface area contributed by atoms with Gasteiger partial charge in [-0.3, -0.25) is 9.59 Å². The first-order valence-electron chi connectivity index (χ1n) is 6.08. The van der Waals surface area contributed by atoms with Crippen molar-refractivity contribution in [1.29, 1.82) is 0 Å². The van der Waals surface area contributed by atoms with Gasteiger partial charge in [0.25, 0.3) is 0 Å². The van der Waals surface area contributed by atoms with Gasteiger partial charge in [-0.15, -0.1) is 0 Å². The molecule has 0 radical (unpaired) electrons. The quantitative estimate of drug-likeness (QED) is 0.811. The van der Waals surface area contributed by atoms with Crippen LogP contribution < -0.4 is 5.32 Å². The molecule has 98 valence electrons. The number of carbonyl (C=O) groups is 2. The highest BCUT2D eigenvalue weighted by atomic mass is 16.4. The van der Waals surface area contributed by atoms with Crippen molar-refractivity contribution in [2.75, 3.05) is 0 Å². The van der Waals surface area contributed by atoms with Crippen LogP contribution in [-0.4, -0.2) is 17.0 Å². The zero-order chi connectivity index (χ0) is 13.5. The van der Waals surface area contributed by atoms with E-state index in [1.165, 1.54) is 5.56 Å². The van der Waals surface area contributed by atoms with Gasteiger partial charge in [-0.05, 0) is 18.9 Å². The van der Waals surface area contributed by atoms with E-state index in [2.05, 4.69) is 5.32 Å². The Morgan fingerprint density at radius 3 is 2.39 bits per heavy atom. The Balaban J connectivity index is 2.41. The lowest BCUT2D eigenvalue weighted by molar-refractivity contribution is -0.144. The number of carboxylic acids is 1. The van der Waals surface area contributed by atoms with E-state index in [9.17, 15) is 9.59 Å². The first-order valence-corrected chi connectivity index (χ1v) is 6.08. The molecule has 0 fully saturated rings. The molecule has 0 heterocycles. The Morgan fingerprint density at radius 1 is 1.28 bits per heavy atom. The fourth-order valence-electron chi connectivity index (χ4n) is 1.61. The van der Waals surface area contributed by atoms with E-state index in [4.69, 9.17) is 5.11 Å². The highest BCUT2D eigenvalue weighted by Crippen LogP contribution is 2.08. The number of aliphatic carboxylic acids is 1. The molecule has 0 saturated heterocycles. The zero-order valence-corrected chi connectivity index (χ0v) is 10.8. The van der Waals surface area contributed by atoms with E-state index in [0.717, 1.165) is 5.56 Å². The number of carbonyl (C=O) groups excluding carboxylic acids is 1. The van der Waals surface area contributed by atoms with Crippen molar-refractivity contribution in [3.05, 3.63) is 35.4 Å². The lowest BCUT2D eigenvalue weighted by atomic mass is 10.0. The monoisotopic (exact) mass is 249 g/mol. The Morgan fingerprint density at radius 2 is 1.89 bits per heavy atom. The first kappa shape index (κ1) is 14.2. The molecule has 1 amide bonds. The van der Waals surface area contributed by atoms with Crippen LogP contribution in [0.4, 0.5) is 0 Å². The summed E-state index contributed by atoms with van der Waals surface area (Å²) in [4.78, 5) is 22.4. The lowest BCUT2D eigenvalue weighted by Crippen LogP contribution is -2.27. The van der Waals surface area contributed by atoms with Crippen LogP contribution >= 0.6 is 0 Å². The van der Waals surface area contributed by atoms with E-state index >= 15 is 0 Å². The predicted octanol–water partition coefficient (Wildman–Crippen LogP) is 2.11. The van der Waals surface area contributed by atoms with Gasteiger partial charge < -0.3 is 10.4 Å². The summed E-state index contributed by atoms with van der Waals surface area (Å²) in [5, 5.41) is 11.6. The van der Waals surface area contributed by atoms with Gasteiger partial charge in [-0.25, -0.2) is 0 Å². The van der Waals surface area contributed by atoms with Gasteiger partial charge in [0.1, 0.15) is 0 Å². The lowest BCUT2D eigenvalue weighted by Gasteiger charge is -2.10. The Hall–Kier alpha value is -1.84. The molecule has 1 atom stereocenters. The summed E-state index contributed by atoms with van der Waals surface area (Å²) < 4.78 is 0. The van der Waals surface area contributed by atoms with Gasteiger partial charge in [0, 0.05) is 13.0 Å². The smallest absolute Gasteiger partial charge is 0.307 e. The molecule has 4 heteroatoms. The van der Waals surface area contributed by atoms with Crippen LogP contribution in [0.1, 0.15) is 30.9 Å². The Labute approximate surface area is 107 Å². The van der Waals surface area contributed by atoms with E-state index < -0.39 is 11.9 Å². The normalized spacial score (nSPS) is 11.9. The van der Waals surface area contributed by atoms with Crippen LogP contribution in [0.5, 0.6) is 0 Å². The van der Waals surface area contributed by atoms with Gasteiger partial charge >= 0.3 is 5.97 Å². The average Bonchev–Trinajstić information content (AvgIpc) is 2.35. The summed E-state index contributed by atoms with van der Waals surface area (Å²) >= 11 is 0. The summed E-state index contributed by atoms with van der Waals surface area (Å²) in [6, 6.07) is 7.86. The minimum atomic E-state index is -0.914. The highest BCUT2D eigenvalue weighted by molar-refractivity contribution is 5.82. The minimum absolute atomic E-state index is 0.0394. The largest absolute Gasteiger partial charge is 0.481 e. The molecule has 1 aromatic rings. The number of nitrogens with one attached hydrogen (secondary N) is 1. The third kappa shape index (κ3) is 4.57. The third-order valence-electron chi connectivity index (χ3n) is 2.88. The second-order valence-corrected chi connectivity index (χ2v) is 4.41. The van der Waals surface area contributed by atoms with Crippen LogP contribution in [0.15, 0.2) is 24.3 Å². The maximum absolute atomic E-state index is 11.6. The van der Waals surface area contributed by atoms with Gasteiger partial charge in [-0.1, -0.05) is 36.8 Å². The molecule has 0 bridgehead atoms. The molecule has 0 aliphatic carbocycles. The molecular formula is C14H19NO3. The van der Waals surface area contributed by atoms with Crippen molar-refractivity contribution in [2.45, 2.75) is 33.2 Å². The summed E-state index contributed by atoms with van der Waals surface area (Å²) in [7, 11) is 0. The van der Waals surface area contributed by atoms with E-state index in [0.29, 0.717) is 13.0 Å². The number of carboxylic acid groups (broad SMARTS) is 1. The molecule has 4 nitrogen and oxygen atoms in total. The molecule has 0 aliphatic rings. The number of aryl methyl sites for hydroxylation is 1. The fourth-order valence-corrected chi connectivity index (χ4v) is 1.61. The van der Waals surface area contributed by atoms with Crippen molar-refractivity contribution < 1.29 is 14.7 Å². The van der Waals surface area contributed by atoms with Crippen molar-refractivity contribution in [1.82, 2.24) is 5.32 Å². The number of hydrogen-bond acceptors (Lipinski definition) is 2. The Bertz CT molecular complexity index is 412. The maximum atomic E-state index is 11.6. The molecule has 0 aliphatic heterocycles. The standard InChI is InChI=1S/C14H19NO3/c1-3-12(14(17)18)8-13(16)15-9-11-6-4-10(2)5-7-11/h4-7,12H,3,8-9H2,1-2H3,(H,15,16)(H,17,18). The van der Waals surface area contributed by atoms with E-state index in [-0.39, 0.29) is 12.3 Å². The summed E-state index contributed by atoms with van der Waals surface area (Å²) in [6.07, 6.45) is 0.505. The number of amides is 1. The predicted molar refractivity (Wildman–Crippen MR) is 69.1 cm³/mol. The maximum Gasteiger partial charge on any atom is 0.307 e. The minimum Gasteiger partial charge on any atom is -0.481 e. The molecule has 18 heavy (non-hydrogen) atoms. The number of rotatable bonds is 6. The van der Waals surface area contributed by atoms with E-state index in [1.807, 2.05) is 31.2 Å². The molecule has 1 unspecified atom stereocenters. The summed E-state index contributed by atoms with van der Waals surface area (Å²) in [5.74, 6) is -1.73. The van der Waals surface area contributed by atoms with Crippen molar-refractivity contribution in [2.24, 2.45) is 5.92 Å². The van der Waals surface area contributed by atoms with Crippen LogP contribution in [0.2, 0.25) is 0 Å². The fraction of sp³-hybridized carbons (Fsp3) is 0.429. The van der Waals surface area contributed by atoms with Crippen molar-refractivity contribution >= 4 is 11.9 Å². The molecule has 0 saturated carbocycles. The molecular weight excluding hydrogens is 230 g/mol. The van der Waals surface area contributed by atoms with Gasteiger partial charge in [0.05, 0.1) is 5.92 Å². The van der Waals surface area contributed by atoms with Gasteiger partial charge in [-0.2, -0.15) is 0 Å². The molecule has 1 aromatic carbocycles. The van der Waals surface area contributed by atoms with Crippen molar-refractivity contribution in [3.8, 4) is 0 Å². The number of hydrogen-bond donors (Lipinski definition) is 2. The molecule has 0 aromatic heterocycles. The van der Waals surface area contributed by atoms with Gasteiger partial charge in [0.15, 0.2) is 0 Å². The topological polar surface area (TPSA) is 66.4 Å². The summed E-state index contributed by atoms with van der Waals surface area (Å²) in [6.45, 7) is 4.21. The van der Waals surface area contributed by atoms with Crippen LogP contribution in [0.3, 0.4) is 0 Å². The van der Waals surface area contributed by atoms with E-state index in [1.54, 1.807) is 6.92 Å².